The second kappa shape index (κ2) is 6.50. The summed E-state index contributed by atoms with van der Waals surface area (Å²) in [7, 11) is -2.71. The van der Waals surface area contributed by atoms with E-state index in [0.717, 1.165) is 0 Å². The summed E-state index contributed by atoms with van der Waals surface area (Å²) in [4.78, 5) is 11.5. The normalized spacial score (nSPS) is 10.7. The maximum atomic E-state index is 12.5. The van der Waals surface area contributed by atoms with Crippen LogP contribution in [0, 0.1) is 18.3 Å². The molecule has 0 aliphatic carbocycles. The van der Waals surface area contributed by atoms with E-state index in [1.165, 1.54) is 31.4 Å². The number of anilines is 1. The minimum absolute atomic E-state index is 0.0433. The Hall–Kier alpha value is -2.85. The van der Waals surface area contributed by atoms with Crippen LogP contribution in [0.5, 0.6) is 0 Å². The summed E-state index contributed by atoms with van der Waals surface area (Å²) in [5.41, 5.74) is 1.16. The second-order valence-electron chi connectivity index (χ2n) is 4.73. The van der Waals surface area contributed by atoms with E-state index in [0.29, 0.717) is 5.56 Å². The van der Waals surface area contributed by atoms with Crippen molar-refractivity contribution in [2.24, 2.45) is 0 Å². The number of methoxy groups -OCH3 is 1. The first-order valence-corrected chi connectivity index (χ1v) is 8.08. The standard InChI is InChI=1S/C16H14N2O4S/c1-11-7-8-12(16(19)22-2)9-14(11)18-23(20,21)15-6-4-3-5-13(15)10-17/h3-9,18H,1-2H3. The fourth-order valence-electron chi connectivity index (χ4n) is 1.97. The molecule has 0 bridgehead atoms. The highest BCUT2D eigenvalue weighted by Gasteiger charge is 2.20. The van der Waals surface area contributed by atoms with Crippen molar-refractivity contribution in [1.29, 1.82) is 5.26 Å². The molecule has 1 N–H and O–H groups in total. The van der Waals surface area contributed by atoms with Gasteiger partial charge >= 0.3 is 5.97 Å². The summed E-state index contributed by atoms with van der Waals surface area (Å²) in [6, 6.07) is 12.3. The molecule has 0 fully saturated rings. The Morgan fingerprint density at radius 3 is 2.57 bits per heavy atom. The maximum Gasteiger partial charge on any atom is 0.337 e. The number of nitrogens with one attached hydrogen (secondary N) is 1. The zero-order valence-corrected chi connectivity index (χ0v) is 13.3. The molecule has 0 heterocycles. The van der Waals surface area contributed by atoms with Crippen LogP contribution in [0.25, 0.3) is 0 Å². The monoisotopic (exact) mass is 330 g/mol. The molecule has 7 heteroatoms. The van der Waals surface area contributed by atoms with Gasteiger partial charge in [-0.25, -0.2) is 13.2 Å². The molecule has 0 saturated heterocycles. The minimum Gasteiger partial charge on any atom is -0.465 e. The SMILES string of the molecule is COC(=O)c1ccc(C)c(NS(=O)(=O)c2ccccc2C#N)c1. The van der Waals surface area contributed by atoms with E-state index in [-0.39, 0.29) is 21.7 Å². The van der Waals surface area contributed by atoms with Crippen LogP contribution in [-0.4, -0.2) is 21.5 Å². The van der Waals surface area contributed by atoms with Gasteiger partial charge in [0.1, 0.15) is 11.0 Å². The summed E-state index contributed by atoms with van der Waals surface area (Å²) in [6.45, 7) is 1.70. The first-order valence-electron chi connectivity index (χ1n) is 6.60. The number of benzene rings is 2. The Morgan fingerprint density at radius 1 is 1.22 bits per heavy atom. The van der Waals surface area contributed by atoms with Crippen LogP contribution in [-0.2, 0) is 14.8 Å². The number of ether oxygens (including phenoxy) is 1. The van der Waals surface area contributed by atoms with Crippen LogP contribution in [0.4, 0.5) is 5.69 Å². The molecule has 118 valence electrons. The first kappa shape index (κ1) is 16.5. The van der Waals surface area contributed by atoms with Gasteiger partial charge in [0, 0.05) is 0 Å². The minimum atomic E-state index is -3.95. The van der Waals surface area contributed by atoms with E-state index in [1.54, 1.807) is 25.1 Å². The molecule has 0 spiro atoms. The Morgan fingerprint density at radius 2 is 1.91 bits per heavy atom. The van der Waals surface area contributed by atoms with Gasteiger partial charge < -0.3 is 4.74 Å². The highest BCUT2D eigenvalue weighted by Crippen LogP contribution is 2.23. The molecule has 0 amide bonds. The quantitative estimate of drug-likeness (QED) is 0.869. The van der Waals surface area contributed by atoms with Crippen molar-refractivity contribution in [3.05, 3.63) is 59.2 Å². The average molecular weight is 330 g/mol. The van der Waals surface area contributed by atoms with Crippen molar-refractivity contribution >= 4 is 21.7 Å². The van der Waals surface area contributed by atoms with Gasteiger partial charge in [-0.05, 0) is 36.8 Å². The van der Waals surface area contributed by atoms with Gasteiger partial charge in [-0.15, -0.1) is 0 Å². The molecular weight excluding hydrogens is 316 g/mol. The second-order valence-corrected chi connectivity index (χ2v) is 6.39. The number of carbonyl (C=O) groups is 1. The van der Waals surface area contributed by atoms with Crippen molar-refractivity contribution in [3.8, 4) is 6.07 Å². The van der Waals surface area contributed by atoms with Gasteiger partial charge in [0.25, 0.3) is 10.0 Å². The van der Waals surface area contributed by atoms with Crippen LogP contribution in [0.3, 0.4) is 0 Å². The van der Waals surface area contributed by atoms with Crippen molar-refractivity contribution in [3.63, 3.8) is 0 Å². The number of esters is 1. The average Bonchev–Trinajstić information content (AvgIpc) is 2.55. The molecule has 0 aromatic heterocycles. The van der Waals surface area contributed by atoms with Gasteiger partial charge in [-0.2, -0.15) is 5.26 Å². The molecule has 6 nitrogen and oxygen atoms in total. The van der Waals surface area contributed by atoms with E-state index in [2.05, 4.69) is 9.46 Å². The molecule has 0 aliphatic heterocycles. The van der Waals surface area contributed by atoms with Crippen molar-refractivity contribution < 1.29 is 17.9 Å². The summed E-state index contributed by atoms with van der Waals surface area (Å²) in [6.07, 6.45) is 0. The number of hydrogen-bond acceptors (Lipinski definition) is 5. The smallest absolute Gasteiger partial charge is 0.337 e. The third-order valence-corrected chi connectivity index (χ3v) is 4.62. The zero-order valence-electron chi connectivity index (χ0n) is 12.5. The lowest BCUT2D eigenvalue weighted by atomic mass is 10.1. The van der Waals surface area contributed by atoms with Crippen LogP contribution in [0.2, 0.25) is 0 Å². The number of hydrogen-bond donors (Lipinski definition) is 1. The summed E-state index contributed by atoms with van der Waals surface area (Å²) in [5.74, 6) is -0.567. The molecule has 0 atom stereocenters. The number of aryl methyl sites for hydroxylation is 1. The molecule has 0 saturated carbocycles. The van der Waals surface area contributed by atoms with Crippen LogP contribution in [0.15, 0.2) is 47.4 Å². The van der Waals surface area contributed by atoms with E-state index in [4.69, 9.17) is 5.26 Å². The first-order chi connectivity index (χ1) is 10.9. The van der Waals surface area contributed by atoms with E-state index < -0.39 is 16.0 Å². The lowest BCUT2D eigenvalue weighted by Crippen LogP contribution is -2.15. The largest absolute Gasteiger partial charge is 0.465 e. The number of carbonyl (C=O) groups excluding carboxylic acids is 1. The Balaban J connectivity index is 2.46. The van der Waals surface area contributed by atoms with Gasteiger partial charge in [-0.3, -0.25) is 4.72 Å². The summed E-state index contributed by atoms with van der Waals surface area (Å²) >= 11 is 0. The molecule has 2 rings (SSSR count). The Kier molecular flexibility index (Phi) is 4.67. The van der Waals surface area contributed by atoms with Gasteiger partial charge in [0.2, 0.25) is 0 Å². The fourth-order valence-corrected chi connectivity index (χ4v) is 3.25. The molecule has 0 aliphatic rings. The number of rotatable bonds is 4. The van der Waals surface area contributed by atoms with Crippen molar-refractivity contribution in [2.45, 2.75) is 11.8 Å². The molecule has 2 aromatic rings. The third kappa shape index (κ3) is 3.49. The van der Waals surface area contributed by atoms with Gasteiger partial charge in [0.15, 0.2) is 0 Å². The topological polar surface area (TPSA) is 96.3 Å². The Labute approximate surface area is 134 Å². The fraction of sp³-hybridized carbons (Fsp3) is 0.125. The van der Waals surface area contributed by atoms with E-state index in [9.17, 15) is 13.2 Å². The molecule has 2 aromatic carbocycles. The summed E-state index contributed by atoms with van der Waals surface area (Å²) in [5, 5.41) is 9.05. The lowest BCUT2D eigenvalue weighted by Gasteiger charge is -2.12. The molecule has 0 radical (unpaired) electrons. The Bertz CT molecular complexity index is 899. The predicted octanol–water partition coefficient (Wildman–Crippen LogP) is 2.45. The van der Waals surface area contributed by atoms with Crippen LogP contribution in [0.1, 0.15) is 21.5 Å². The van der Waals surface area contributed by atoms with Crippen LogP contribution >= 0.6 is 0 Å². The molecular formula is C16H14N2O4S. The van der Waals surface area contributed by atoms with Crippen LogP contribution < -0.4 is 4.72 Å². The highest BCUT2D eigenvalue weighted by atomic mass is 32.2. The van der Waals surface area contributed by atoms with Gasteiger partial charge in [-0.1, -0.05) is 18.2 Å². The number of nitrogens with zero attached hydrogens (tertiary/aromatic N) is 1. The molecule has 0 unspecified atom stereocenters. The maximum absolute atomic E-state index is 12.5. The number of nitriles is 1. The van der Waals surface area contributed by atoms with Gasteiger partial charge in [0.05, 0.1) is 23.9 Å². The predicted molar refractivity (Wildman–Crippen MR) is 84.5 cm³/mol. The third-order valence-electron chi connectivity index (χ3n) is 3.20. The van der Waals surface area contributed by atoms with E-state index >= 15 is 0 Å². The molecule has 23 heavy (non-hydrogen) atoms. The van der Waals surface area contributed by atoms with E-state index in [1.807, 2.05) is 6.07 Å². The highest BCUT2D eigenvalue weighted by molar-refractivity contribution is 7.92. The van der Waals surface area contributed by atoms with Crippen molar-refractivity contribution in [1.82, 2.24) is 0 Å². The summed E-state index contributed by atoms with van der Waals surface area (Å²) < 4.78 is 32.0. The van der Waals surface area contributed by atoms with Crippen molar-refractivity contribution in [2.75, 3.05) is 11.8 Å². The zero-order chi connectivity index (χ0) is 17.0. The lowest BCUT2D eigenvalue weighted by molar-refractivity contribution is 0.0601. The number of sulfonamides is 1.